The minimum absolute atomic E-state index is 0.214. The van der Waals surface area contributed by atoms with Gasteiger partial charge in [0.05, 0.1) is 22.4 Å². The lowest BCUT2D eigenvalue weighted by Crippen LogP contribution is -2.35. The SMILES string of the molecule is CC(C)c1nc(C2CCNCC2)cs1.CN1CCC(Oc2ccc(C(C)(C)C)cc2)CC1.Cc1nn(C2CCNCC2)cc1C(C)C. The second kappa shape index (κ2) is 17.9. The van der Waals surface area contributed by atoms with E-state index in [-0.39, 0.29) is 5.41 Å². The zero-order chi connectivity index (χ0) is 34.0. The van der Waals surface area contributed by atoms with Crippen LogP contribution in [0.1, 0.15) is 138 Å². The predicted octanol–water partition coefficient (Wildman–Crippen LogP) is 8.43. The van der Waals surface area contributed by atoms with E-state index in [2.05, 4.69) is 124 Å². The molecule has 0 unspecified atom stereocenters. The average molecular weight is 665 g/mol. The first-order valence-corrected chi connectivity index (χ1v) is 19.2. The summed E-state index contributed by atoms with van der Waals surface area (Å²) in [6.07, 6.45) is 9.83. The van der Waals surface area contributed by atoms with Gasteiger partial charge in [-0.2, -0.15) is 5.10 Å². The largest absolute Gasteiger partial charge is 0.490 e. The molecular formula is C39H64N6OS. The average Bonchev–Trinajstić information content (AvgIpc) is 3.72. The molecular weight excluding hydrogens is 601 g/mol. The van der Waals surface area contributed by atoms with Crippen molar-refractivity contribution < 1.29 is 4.74 Å². The summed E-state index contributed by atoms with van der Waals surface area (Å²) in [5.41, 5.74) is 5.50. The molecule has 0 spiro atoms. The summed E-state index contributed by atoms with van der Waals surface area (Å²) < 4.78 is 8.23. The molecule has 0 radical (unpaired) electrons. The monoisotopic (exact) mass is 664 g/mol. The Labute approximate surface area is 290 Å². The number of hydrogen-bond acceptors (Lipinski definition) is 7. The maximum atomic E-state index is 6.04. The highest BCUT2D eigenvalue weighted by Crippen LogP contribution is 2.29. The second-order valence-corrected chi connectivity index (χ2v) is 16.4. The topological polar surface area (TPSA) is 67.2 Å². The molecule has 3 aliphatic heterocycles. The van der Waals surface area contributed by atoms with Crippen molar-refractivity contribution in [2.45, 2.75) is 129 Å². The third-order valence-electron chi connectivity index (χ3n) is 9.74. The van der Waals surface area contributed by atoms with Gasteiger partial charge in [-0.3, -0.25) is 4.68 Å². The molecule has 0 bridgehead atoms. The van der Waals surface area contributed by atoms with Crippen LogP contribution in [0.2, 0.25) is 0 Å². The fraction of sp³-hybridized carbons (Fsp3) is 0.692. The first kappa shape index (κ1) is 37.6. The summed E-state index contributed by atoms with van der Waals surface area (Å²) in [7, 11) is 2.17. The van der Waals surface area contributed by atoms with Gasteiger partial charge in [0.25, 0.3) is 0 Å². The lowest BCUT2D eigenvalue weighted by atomic mass is 9.87. The predicted molar refractivity (Wildman–Crippen MR) is 200 cm³/mol. The van der Waals surface area contributed by atoms with Gasteiger partial charge >= 0.3 is 0 Å². The van der Waals surface area contributed by atoms with E-state index in [1.165, 1.54) is 53.2 Å². The van der Waals surface area contributed by atoms with Crippen molar-refractivity contribution in [1.29, 1.82) is 0 Å². The van der Waals surface area contributed by atoms with Gasteiger partial charge in [-0.25, -0.2) is 4.98 Å². The van der Waals surface area contributed by atoms with Crippen LogP contribution in [0.25, 0.3) is 0 Å². The Morgan fingerprint density at radius 2 is 1.45 bits per heavy atom. The Morgan fingerprint density at radius 1 is 0.851 bits per heavy atom. The number of aromatic nitrogens is 3. The van der Waals surface area contributed by atoms with Crippen LogP contribution in [0, 0.1) is 6.92 Å². The van der Waals surface area contributed by atoms with Crippen molar-refractivity contribution in [3.8, 4) is 5.75 Å². The molecule has 1 aromatic carbocycles. The molecule has 7 nitrogen and oxygen atoms in total. The molecule has 2 N–H and O–H groups in total. The van der Waals surface area contributed by atoms with Crippen LogP contribution in [0.5, 0.6) is 5.75 Å². The molecule has 8 heteroatoms. The van der Waals surface area contributed by atoms with Crippen LogP contribution in [0.4, 0.5) is 0 Å². The second-order valence-electron chi connectivity index (χ2n) is 15.5. The molecule has 3 aliphatic rings. The minimum atomic E-state index is 0.214. The molecule has 3 fully saturated rings. The van der Waals surface area contributed by atoms with Gasteiger partial charge in [-0.05, 0) is 113 Å². The third kappa shape index (κ3) is 11.7. The molecule has 3 aromatic rings. The van der Waals surface area contributed by atoms with Gasteiger partial charge in [0.15, 0.2) is 0 Å². The Bertz CT molecular complexity index is 1300. The summed E-state index contributed by atoms with van der Waals surface area (Å²) >= 11 is 1.82. The van der Waals surface area contributed by atoms with Crippen LogP contribution in [-0.4, -0.2) is 72.1 Å². The van der Waals surface area contributed by atoms with Crippen LogP contribution >= 0.6 is 11.3 Å². The maximum Gasteiger partial charge on any atom is 0.119 e. The van der Waals surface area contributed by atoms with E-state index in [0.717, 1.165) is 57.9 Å². The fourth-order valence-electron chi connectivity index (χ4n) is 6.52. The van der Waals surface area contributed by atoms with Crippen molar-refractivity contribution >= 4 is 11.3 Å². The molecule has 0 aliphatic carbocycles. The Kier molecular flexibility index (Phi) is 14.3. The molecule has 2 aromatic heterocycles. The molecule has 6 rings (SSSR count). The van der Waals surface area contributed by atoms with Gasteiger partial charge in [0, 0.05) is 36.5 Å². The van der Waals surface area contributed by atoms with Crippen LogP contribution < -0.4 is 15.4 Å². The van der Waals surface area contributed by atoms with Crippen LogP contribution in [0.15, 0.2) is 35.8 Å². The Balaban J connectivity index is 0.000000161. The summed E-state index contributed by atoms with van der Waals surface area (Å²) in [4.78, 5) is 7.09. The number of rotatable bonds is 6. The number of nitrogens with zero attached hydrogens (tertiary/aromatic N) is 4. The van der Waals surface area contributed by atoms with Crippen LogP contribution in [-0.2, 0) is 5.41 Å². The van der Waals surface area contributed by atoms with Gasteiger partial charge in [-0.15, -0.1) is 11.3 Å². The number of aryl methyl sites for hydroxylation is 1. The van der Waals surface area contributed by atoms with Crippen molar-refractivity contribution in [2.75, 3.05) is 46.3 Å². The Hall–Kier alpha value is -2.26. The minimum Gasteiger partial charge on any atom is -0.490 e. The summed E-state index contributed by atoms with van der Waals surface area (Å²) in [6.45, 7) is 24.6. The van der Waals surface area contributed by atoms with Gasteiger partial charge in [-0.1, -0.05) is 60.6 Å². The number of ether oxygens (including phenoxy) is 1. The van der Waals surface area contributed by atoms with Gasteiger partial charge in [0.2, 0.25) is 0 Å². The van der Waals surface area contributed by atoms with E-state index in [4.69, 9.17) is 9.72 Å². The first-order chi connectivity index (χ1) is 22.4. The molecule has 0 amide bonds. The summed E-state index contributed by atoms with van der Waals surface area (Å²) in [5.74, 6) is 2.88. The number of benzene rings is 1. The van der Waals surface area contributed by atoms with E-state index in [9.17, 15) is 0 Å². The number of nitrogens with one attached hydrogen (secondary N) is 2. The molecule has 0 saturated carbocycles. The Morgan fingerprint density at radius 3 is 1.96 bits per heavy atom. The smallest absolute Gasteiger partial charge is 0.119 e. The number of likely N-dealkylation sites (tertiary alicyclic amines) is 1. The molecule has 262 valence electrons. The van der Waals surface area contributed by atoms with E-state index < -0.39 is 0 Å². The van der Waals surface area contributed by atoms with Gasteiger partial charge < -0.3 is 20.3 Å². The first-order valence-electron chi connectivity index (χ1n) is 18.3. The van der Waals surface area contributed by atoms with Crippen molar-refractivity contribution in [3.63, 3.8) is 0 Å². The zero-order valence-corrected chi connectivity index (χ0v) is 31.8. The van der Waals surface area contributed by atoms with Crippen LogP contribution in [0.3, 0.4) is 0 Å². The number of piperidine rings is 3. The van der Waals surface area contributed by atoms with Crippen molar-refractivity contribution in [3.05, 3.63) is 63.4 Å². The van der Waals surface area contributed by atoms with Crippen molar-refractivity contribution in [1.82, 2.24) is 30.3 Å². The van der Waals surface area contributed by atoms with E-state index in [0.29, 0.717) is 29.9 Å². The fourth-order valence-corrected chi connectivity index (χ4v) is 7.44. The highest BCUT2D eigenvalue weighted by molar-refractivity contribution is 7.09. The normalized spacial score (nSPS) is 18.9. The van der Waals surface area contributed by atoms with E-state index >= 15 is 0 Å². The molecule has 47 heavy (non-hydrogen) atoms. The summed E-state index contributed by atoms with van der Waals surface area (Å²) in [6, 6.07) is 9.20. The molecule has 0 atom stereocenters. The third-order valence-corrected chi connectivity index (χ3v) is 10.9. The molecule has 5 heterocycles. The number of hydrogen-bond donors (Lipinski definition) is 2. The van der Waals surface area contributed by atoms with E-state index in [1.54, 1.807) is 0 Å². The van der Waals surface area contributed by atoms with Crippen molar-refractivity contribution in [2.24, 2.45) is 0 Å². The van der Waals surface area contributed by atoms with E-state index in [1.807, 2.05) is 11.3 Å². The molecule has 3 saturated heterocycles. The number of thiazole rings is 1. The standard InChI is InChI=1S/C16H25NO.C12H21N3.C11H18N2S/c1-16(2,3)13-5-7-14(8-6-13)18-15-9-11-17(4)12-10-15;1-9(2)12-8-15(14-10(12)3)11-4-6-13-7-5-11;1-8(2)11-13-10(7-14-11)9-3-5-12-6-4-9/h5-8,15H,9-12H2,1-4H3;8-9,11,13H,4-7H2,1-3H3;7-9,12H,3-6H2,1-2H3. The lowest BCUT2D eigenvalue weighted by molar-refractivity contribution is 0.114. The quantitative estimate of drug-likeness (QED) is 0.276. The highest BCUT2D eigenvalue weighted by Gasteiger charge is 2.21. The zero-order valence-electron chi connectivity index (χ0n) is 30.9. The maximum absolute atomic E-state index is 6.04. The lowest BCUT2D eigenvalue weighted by Gasteiger charge is -2.29. The highest BCUT2D eigenvalue weighted by atomic mass is 32.1. The van der Waals surface area contributed by atoms with Gasteiger partial charge in [0.1, 0.15) is 11.9 Å². The summed E-state index contributed by atoms with van der Waals surface area (Å²) in [5, 5.41) is 15.0.